The SMILES string of the molecule is Cc1nc(COc2ccc(Cl)cc2)sc1C(=O)OCc1nc2c(C)cccc2c(=O)[nH]1. The van der Waals surface area contributed by atoms with E-state index in [0.29, 0.717) is 37.3 Å². The maximum atomic E-state index is 12.6. The molecule has 2 aromatic heterocycles. The number of nitrogens with one attached hydrogen (secondary N) is 1. The minimum atomic E-state index is -0.528. The molecular weight excluding hydrogens is 438 g/mol. The van der Waals surface area contributed by atoms with Crippen LogP contribution in [0.3, 0.4) is 0 Å². The molecule has 0 aliphatic carbocycles. The summed E-state index contributed by atoms with van der Waals surface area (Å²) >= 11 is 7.07. The van der Waals surface area contributed by atoms with Crippen LogP contribution in [0.1, 0.15) is 31.8 Å². The summed E-state index contributed by atoms with van der Waals surface area (Å²) in [6, 6.07) is 12.4. The number of thiazole rings is 1. The smallest absolute Gasteiger partial charge is 0.350 e. The van der Waals surface area contributed by atoms with Gasteiger partial charge in [0.25, 0.3) is 5.56 Å². The number of carbonyl (C=O) groups excluding carboxylic acids is 1. The third-order valence-corrected chi connectivity index (χ3v) is 5.89. The lowest BCUT2D eigenvalue weighted by Gasteiger charge is -2.06. The molecule has 0 amide bonds. The van der Waals surface area contributed by atoms with Crippen molar-refractivity contribution in [2.24, 2.45) is 0 Å². The van der Waals surface area contributed by atoms with Crippen LogP contribution >= 0.6 is 22.9 Å². The van der Waals surface area contributed by atoms with E-state index in [-0.39, 0.29) is 24.6 Å². The van der Waals surface area contributed by atoms with E-state index in [1.54, 1.807) is 43.3 Å². The first kappa shape index (κ1) is 21.0. The minimum absolute atomic E-state index is 0.147. The molecular formula is C22H18ClN3O4S. The molecule has 7 nitrogen and oxygen atoms in total. The summed E-state index contributed by atoms with van der Waals surface area (Å²) in [6.07, 6.45) is 0. The van der Waals surface area contributed by atoms with Gasteiger partial charge in [-0.2, -0.15) is 0 Å². The van der Waals surface area contributed by atoms with Crippen LogP contribution in [0.25, 0.3) is 10.9 Å². The molecule has 0 aliphatic heterocycles. The van der Waals surface area contributed by atoms with Crippen molar-refractivity contribution in [3.8, 4) is 5.75 Å². The van der Waals surface area contributed by atoms with Gasteiger partial charge in [-0.3, -0.25) is 4.79 Å². The molecule has 1 N–H and O–H groups in total. The van der Waals surface area contributed by atoms with Gasteiger partial charge in [0.15, 0.2) is 0 Å². The Labute approximate surface area is 186 Å². The molecule has 158 valence electrons. The third kappa shape index (κ3) is 4.76. The molecule has 0 bridgehead atoms. The third-order valence-electron chi connectivity index (χ3n) is 4.53. The van der Waals surface area contributed by atoms with Gasteiger partial charge in [-0.1, -0.05) is 23.7 Å². The number of aromatic amines is 1. The van der Waals surface area contributed by atoms with Gasteiger partial charge in [0.2, 0.25) is 0 Å². The Bertz CT molecular complexity index is 1310. The topological polar surface area (TPSA) is 94.2 Å². The Morgan fingerprint density at radius 3 is 2.65 bits per heavy atom. The largest absolute Gasteiger partial charge is 0.486 e. The van der Waals surface area contributed by atoms with Gasteiger partial charge in [-0.25, -0.2) is 14.8 Å². The van der Waals surface area contributed by atoms with Crippen LogP contribution in [0.2, 0.25) is 5.02 Å². The molecule has 0 atom stereocenters. The zero-order valence-corrected chi connectivity index (χ0v) is 18.3. The highest BCUT2D eigenvalue weighted by Gasteiger charge is 2.18. The number of aryl methyl sites for hydroxylation is 2. The highest BCUT2D eigenvalue weighted by Crippen LogP contribution is 2.22. The van der Waals surface area contributed by atoms with Gasteiger partial charge in [0, 0.05) is 5.02 Å². The predicted octanol–water partition coefficient (Wildman–Crippen LogP) is 4.59. The molecule has 0 aliphatic rings. The van der Waals surface area contributed by atoms with E-state index in [0.717, 1.165) is 5.56 Å². The highest BCUT2D eigenvalue weighted by molar-refractivity contribution is 7.13. The number of aromatic nitrogens is 3. The lowest BCUT2D eigenvalue weighted by atomic mass is 10.1. The number of H-pyrrole nitrogens is 1. The first-order chi connectivity index (χ1) is 14.9. The Morgan fingerprint density at radius 1 is 1.10 bits per heavy atom. The van der Waals surface area contributed by atoms with Crippen molar-refractivity contribution < 1.29 is 14.3 Å². The van der Waals surface area contributed by atoms with Crippen LogP contribution in [0.4, 0.5) is 0 Å². The number of nitrogens with zero attached hydrogens (tertiary/aromatic N) is 2. The maximum absolute atomic E-state index is 12.6. The van der Waals surface area contributed by atoms with Crippen molar-refractivity contribution >= 4 is 39.8 Å². The Kier molecular flexibility index (Phi) is 6.01. The second kappa shape index (κ2) is 8.87. The van der Waals surface area contributed by atoms with E-state index in [4.69, 9.17) is 21.1 Å². The summed E-state index contributed by atoms with van der Waals surface area (Å²) in [4.78, 5) is 36.7. The van der Waals surface area contributed by atoms with Gasteiger partial charge in [-0.05, 0) is 49.7 Å². The standard InChI is InChI=1S/C22H18ClN3O4S/c1-12-4-3-5-16-19(12)25-17(26-21(16)27)10-30-22(28)20-13(2)24-18(31-20)11-29-15-8-6-14(23)7-9-15/h3-9H,10-11H2,1-2H3,(H,25,26,27). The van der Waals surface area contributed by atoms with Crippen LogP contribution < -0.4 is 10.3 Å². The quantitative estimate of drug-likeness (QED) is 0.427. The van der Waals surface area contributed by atoms with Crippen molar-refractivity contribution in [1.29, 1.82) is 0 Å². The molecule has 0 unspecified atom stereocenters. The fourth-order valence-corrected chi connectivity index (χ4v) is 4.00. The molecule has 0 saturated carbocycles. The first-order valence-corrected chi connectivity index (χ1v) is 10.6. The number of halogens is 1. The van der Waals surface area contributed by atoms with Crippen LogP contribution in [-0.2, 0) is 18.0 Å². The van der Waals surface area contributed by atoms with E-state index in [1.807, 2.05) is 13.0 Å². The fraction of sp³-hybridized carbons (Fsp3) is 0.182. The summed E-state index contributed by atoms with van der Waals surface area (Å²) in [6.45, 7) is 3.68. The fourth-order valence-electron chi connectivity index (χ4n) is 3.00. The molecule has 9 heteroatoms. The maximum Gasteiger partial charge on any atom is 0.350 e. The lowest BCUT2D eigenvalue weighted by Crippen LogP contribution is -2.15. The molecule has 2 aromatic carbocycles. The average molecular weight is 456 g/mol. The normalized spacial score (nSPS) is 10.9. The van der Waals surface area contributed by atoms with Gasteiger partial charge in [0.05, 0.1) is 16.6 Å². The summed E-state index contributed by atoms with van der Waals surface area (Å²) in [7, 11) is 0. The second-order valence-electron chi connectivity index (χ2n) is 6.82. The molecule has 0 spiro atoms. The Hall–Kier alpha value is -3.23. The minimum Gasteiger partial charge on any atom is -0.486 e. The van der Waals surface area contributed by atoms with E-state index in [9.17, 15) is 9.59 Å². The van der Waals surface area contributed by atoms with Gasteiger partial charge in [-0.15, -0.1) is 11.3 Å². The van der Waals surface area contributed by atoms with E-state index in [2.05, 4.69) is 15.0 Å². The first-order valence-electron chi connectivity index (χ1n) is 9.41. The molecule has 31 heavy (non-hydrogen) atoms. The molecule has 2 heterocycles. The van der Waals surface area contributed by atoms with E-state index < -0.39 is 5.97 Å². The second-order valence-corrected chi connectivity index (χ2v) is 8.34. The summed E-state index contributed by atoms with van der Waals surface area (Å²) in [5.74, 6) is 0.414. The summed E-state index contributed by atoms with van der Waals surface area (Å²) in [5.41, 5.74) is 1.75. The van der Waals surface area contributed by atoms with Crippen LogP contribution in [0.5, 0.6) is 5.75 Å². The lowest BCUT2D eigenvalue weighted by molar-refractivity contribution is 0.0467. The van der Waals surface area contributed by atoms with Crippen molar-refractivity contribution in [2.75, 3.05) is 0 Å². The van der Waals surface area contributed by atoms with Crippen molar-refractivity contribution in [3.05, 3.63) is 84.8 Å². The number of hydrogen-bond acceptors (Lipinski definition) is 7. The number of carbonyl (C=O) groups is 1. The molecule has 0 radical (unpaired) electrons. The predicted molar refractivity (Wildman–Crippen MR) is 119 cm³/mol. The van der Waals surface area contributed by atoms with E-state index >= 15 is 0 Å². The van der Waals surface area contributed by atoms with Crippen LogP contribution in [0.15, 0.2) is 47.3 Å². The molecule has 0 saturated heterocycles. The van der Waals surface area contributed by atoms with Gasteiger partial charge < -0.3 is 14.5 Å². The zero-order valence-electron chi connectivity index (χ0n) is 16.8. The summed E-state index contributed by atoms with van der Waals surface area (Å²) in [5, 5.41) is 1.77. The number of ether oxygens (including phenoxy) is 2. The van der Waals surface area contributed by atoms with Crippen LogP contribution in [0, 0.1) is 13.8 Å². The van der Waals surface area contributed by atoms with Crippen molar-refractivity contribution in [3.63, 3.8) is 0 Å². The Balaban J connectivity index is 1.43. The van der Waals surface area contributed by atoms with Crippen LogP contribution in [-0.4, -0.2) is 20.9 Å². The number of benzene rings is 2. The molecule has 4 aromatic rings. The van der Waals surface area contributed by atoms with Crippen molar-refractivity contribution in [2.45, 2.75) is 27.1 Å². The highest BCUT2D eigenvalue weighted by atomic mass is 35.5. The monoisotopic (exact) mass is 455 g/mol. The number of fused-ring (bicyclic) bond motifs is 1. The van der Waals surface area contributed by atoms with Gasteiger partial charge in [0.1, 0.15) is 34.7 Å². The van der Waals surface area contributed by atoms with E-state index in [1.165, 1.54) is 11.3 Å². The number of para-hydroxylation sites is 1. The van der Waals surface area contributed by atoms with Gasteiger partial charge >= 0.3 is 5.97 Å². The average Bonchev–Trinajstić information content (AvgIpc) is 3.13. The molecule has 4 rings (SSSR count). The Morgan fingerprint density at radius 2 is 1.87 bits per heavy atom. The zero-order chi connectivity index (χ0) is 22.0. The van der Waals surface area contributed by atoms with Crippen molar-refractivity contribution in [1.82, 2.24) is 15.0 Å². The number of esters is 1. The molecule has 0 fully saturated rings. The number of hydrogen-bond donors (Lipinski definition) is 1. The summed E-state index contributed by atoms with van der Waals surface area (Å²) < 4.78 is 11.0. The number of rotatable bonds is 6.